The zero-order valence-corrected chi connectivity index (χ0v) is 22.9. The van der Waals surface area contributed by atoms with Gasteiger partial charge in [0.15, 0.2) is 0 Å². The Morgan fingerprint density at radius 3 is 2.47 bits per heavy atom. The molecule has 2 aromatic carbocycles. The second-order valence-electron chi connectivity index (χ2n) is 10.4. The Labute approximate surface area is 233 Å². The highest BCUT2D eigenvalue weighted by molar-refractivity contribution is 6.31. The number of halogens is 2. The Morgan fingerprint density at radius 1 is 0.974 bits per heavy atom. The second kappa shape index (κ2) is 11.2. The normalized spacial score (nSPS) is 17.9. The summed E-state index contributed by atoms with van der Waals surface area (Å²) in [5, 5.41) is 11.5. The molecule has 0 atom stereocenters. The summed E-state index contributed by atoms with van der Waals surface area (Å²) in [4.78, 5) is 29.1. The first kappa shape index (κ1) is 26.9. The molecule has 38 heavy (non-hydrogen) atoms. The highest BCUT2D eigenvalue weighted by Crippen LogP contribution is 2.47. The van der Waals surface area contributed by atoms with Crippen LogP contribution in [-0.4, -0.2) is 65.8 Å². The smallest absolute Gasteiger partial charge is 0.335 e. The summed E-state index contributed by atoms with van der Waals surface area (Å²) in [6, 6.07) is 11.5. The Kier molecular flexibility index (Phi) is 7.89. The third-order valence-electron chi connectivity index (χ3n) is 8.20. The van der Waals surface area contributed by atoms with E-state index in [0.717, 1.165) is 40.7 Å². The van der Waals surface area contributed by atoms with Gasteiger partial charge in [-0.25, -0.2) is 4.79 Å². The van der Waals surface area contributed by atoms with Crippen molar-refractivity contribution in [1.29, 1.82) is 0 Å². The Balaban J connectivity index is 0.00000294. The van der Waals surface area contributed by atoms with Crippen LogP contribution >= 0.6 is 24.0 Å². The first-order valence-corrected chi connectivity index (χ1v) is 13.7. The minimum absolute atomic E-state index is 0. The predicted octanol–water partition coefficient (Wildman–Crippen LogP) is 5.81. The van der Waals surface area contributed by atoms with Gasteiger partial charge in [-0.3, -0.25) is 4.79 Å². The molecule has 1 N–H and O–H groups in total. The van der Waals surface area contributed by atoms with Crippen molar-refractivity contribution in [3.63, 3.8) is 0 Å². The minimum Gasteiger partial charge on any atom is -0.478 e. The maximum Gasteiger partial charge on any atom is 0.335 e. The molecule has 0 spiro atoms. The van der Waals surface area contributed by atoms with E-state index in [1.807, 2.05) is 29.2 Å². The molecule has 0 radical (unpaired) electrons. The van der Waals surface area contributed by atoms with Crippen LogP contribution in [0.15, 0.2) is 36.4 Å². The van der Waals surface area contributed by atoms with Crippen LogP contribution in [0.25, 0.3) is 22.2 Å². The number of anilines is 1. The molecule has 3 aliphatic rings. The zero-order valence-electron chi connectivity index (χ0n) is 21.3. The van der Waals surface area contributed by atoms with Gasteiger partial charge in [0.1, 0.15) is 0 Å². The van der Waals surface area contributed by atoms with E-state index in [-0.39, 0.29) is 24.9 Å². The number of carbonyl (C=O) groups excluding carboxylic acids is 1. The lowest BCUT2D eigenvalue weighted by molar-refractivity contribution is -0.133. The van der Waals surface area contributed by atoms with E-state index in [1.54, 1.807) is 6.07 Å². The summed E-state index contributed by atoms with van der Waals surface area (Å²) in [6.07, 6.45) is 5.94. The fraction of sp³-hybridized carbons (Fsp3) is 0.448. The maximum atomic E-state index is 13.3. The van der Waals surface area contributed by atoms with Gasteiger partial charge in [0.2, 0.25) is 5.91 Å². The number of hydrogen-bond donors (Lipinski definition) is 1. The average molecular weight is 559 g/mol. The molecule has 7 nitrogen and oxygen atoms in total. The van der Waals surface area contributed by atoms with Gasteiger partial charge in [-0.1, -0.05) is 36.9 Å². The summed E-state index contributed by atoms with van der Waals surface area (Å²) in [7, 11) is 0. The largest absolute Gasteiger partial charge is 0.478 e. The van der Waals surface area contributed by atoms with E-state index < -0.39 is 5.97 Å². The molecule has 1 amide bonds. The molecule has 6 rings (SSSR count). The van der Waals surface area contributed by atoms with Crippen LogP contribution in [0.1, 0.15) is 53.9 Å². The summed E-state index contributed by atoms with van der Waals surface area (Å²) in [5.41, 5.74) is 5.74. The summed E-state index contributed by atoms with van der Waals surface area (Å²) in [6.45, 7) is 3.93. The number of aromatic nitrogens is 1. The van der Waals surface area contributed by atoms with E-state index in [2.05, 4.69) is 15.5 Å². The summed E-state index contributed by atoms with van der Waals surface area (Å²) < 4.78 is 7.72. The molecule has 1 saturated carbocycles. The van der Waals surface area contributed by atoms with E-state index >= 15 is 0 Å². The van der Waals surface area contributed by atoms with Gasteiger partial charge in [-0.2, -0.15) is 0 Å². The highest BCUT2D eigenvalue weighted by atomic mass is 35.5. The molecule has 0 unspecified atom stereocenters. The molecule has 2 aliphatic heterocycles. The number of carbonyl (C=O) groups is 2. The molecular formula is C29H33Cl2N3O4. The number of morpholine rings is 1. The third kappa shape index (κ3) is 4.88. The van der Waals surface area contributed by atoms with Gasteiger partial charge < -0.3 is 24.2 Å². The van der Waals surface area contributed by atoms with Gasteiger partial charge in [-0.05, 0) is 54.7 Å². The molecule has 3 heterocycles. The van der Waals surface area contributed by atoms with Crippen molar-refractivity contribution in [2.24, 2.45) is 0 Å². The second-order valence-corrected chi connectivity index (χ2v) is 10.8. The monoisotopic (exact) mass is 557 g/mol. The summed E-state index contributed by atoms with van der Waals surface area (Å²) in [5.74, 6) is -0.408. The van der Waals surface area contributed by atoms with E-state index in [4.69, 9.17) is 16.3 Å². The number of nitrogens with zero attached hydrogens (tertiary/aromatic N) is 3. The molecule has 0 bridgehead atoms. The highest BCUT2D eigenvalue weighted by Gasteiger charge is 2.32. The van der Waals surface area contributed by atoms with Gasteiger partial charge in [0.25, 0.3) is 0 Å². The van der Waals surface area contributed by atoms with Crippen molar-refractivity contribution in [2.75, 3.05) is 44.3 Å². The number of carboxylic acids is 1. The Bertz CT molecular complexity index is 1360. The van der Waals surface area contributed by atoms with Crippen LogP contribution in [0.3, 0.4) is 0 Å². The van der Waals surface area contributed by atoms with Crippen molar-refractivity contribution in [3.05, 3.63) is 52.5 Å². The van der Waals surface area contributed by atoms with Gasteiger partial charge in [0.05, 0.1) is 31.0 Å². The quantitative estimate of drug-likeness (QED) is 0.438. The van der Waals surface area contributed by atoms with Crippen LogP contribution in [0.2, 0.25) is 5.02 Å². The number of aromatic carboxylic acids is 1. The van der Waals surface area contributed by atoms with Gasteiger partial charge in [0, 0.05) is 53.4 Å². The number of fused-ring (bicyclic) bond motifs is 5. The molecule has 9 heteroatoms. The third-order valence-corrected chi connectivity index (χ3v) is 8.44. The molecular weight excluding hydrogens is 525 g/mol. The lowest BCUT2D eigenvalue weighted by Crippen LogP contribution is -2.46. The van der Waals surface area contributed by atoms with Gasteiger partial charge >= 0.3 is 5.97 Å². The fourth-order valence-electron chi connectivity index (χ4n) is 6.38. The maximum absolute atomic E-state index is 13.3. The predicted molar refractivity (Wildman–Crippen MR) is 152 cm³/mol. The van der Waals surface area contributed by atoms with Crippen molar-refractivity contribution < 1.29 is 19.4 Å². The number of amides is 1. The van der Waals surface area contributed by atoms with Crippen molar-refractivity contribution >= 4 is 52.5 Å². The van der Waals surface area contributed by atoms with E-state index in [9.17, 15) is 14.7 Å². The zero-order chi connectivity index (χ0) is 25.5. The SMILES string of the molecule is Cl.O=C(O)c1ccc2c(C3CCCCC3)c3n(c2c1)CCN(CC(=O)N1CCOCC1)c1cc(Cl)ccc1-3. The Hall–Kier alpha value is -2.74. The topological polar surface area (TPSA) is 75.0 Å². The van der Waals surface area contributed by atoms with Crippen LogP contribution in [0.4, 0.5) is 5.69 Å². The van der Waals surface area contributed by atoms with E-state index in [1.165, 1.54) is 24.8 Å². The van der Waals surface area contributed by atoms with E-state index in [0.29, 0.717) is 55.9 Å². The van der Waals surface area contributed by atoms with Gasteiger partial charge in [-0.15, -0.1) is 12.4 Å². The van der Waals surface area contributed by atoms with Crippen molar-refractivity contribution in [3.8, 4) is 11.3 Å². The lowest BCUT2D eigenvalue weighted by Gasteiger charge is -2.31. The van der Waals surface area contributed by atoms with Crippen LogP contribution in [0, 0.1) is 0 Å². The van der Waals surface area contributed by atoms with Crippen molar-refractivity contribution in [1.82, 2.24) is 9.47 Å². The lowest BCUT2D eigenvalue weighted by atomic mass is 9.81. The average Bonchev–Trinajstić information content (AvgIpc) is 3.16. The number of ether oxygens (including phenoxy) is 1. The van der Waals surface area contributed by atoms with Crippen LogP contribution < -0.4 is 4.90 Å². The number of hydrogen-bond acceptors (Lipinski definition) is 4. The molecule has 1 aromatic heterocycles. The molecule has 2 fully saturated rings. The number of rotatable bonds is 4. The number of carboxylic acid groups (broad SMARTS) is 1. The summed E-state index contributed by atoms with van der Waals surface area (Å²) >= 11 is 6.52. The fourth-order valence-corrected chi connectivity index (χ4v) is 6.55. The standard InChI is InChI=1S/C29H32ClN3O4.ClH/c30-21-7-9-23-24(17-21)32(18-26(34)31-12-14-37-15-13-31)10-11-33-25-16-20(29(35)36)6-8-22(25)27(28(23)33)19-4-2-1-3-5-19;/h6-9,16-17,19H,1-5,10-15,18H2,(H,35,36);1H. The molecule has 202 valence electrons. The van der Waals surface area contributed by atoms with Crippen LogP contribution in [0.5, 0.6) is 0 Å². The minimum atomic E-state index is -0.921. The molecule has 3 aromatic rings. The van der Waals surface area contributed by atoms with Crippen LogP contribution in [-0.2, 0) is 16.1 Å². The molecule has 1 saturated heterocycles. The van der Waals surface area contributed by atoms with Crippen molar-refractivity contribution in [2.45, 2.75) is 44.6 Å². The first-order valence-electron chi connectivity index (χ1n) is 13.3. The molecule has 1 aliphatic carbocycles. The number of benzene rings is 2. The Morgan fingerprint density at radius 2 is 1.74 bits per heavy atom. The first-order chi connectivity index (χ1) is 18.0.